The minimum atomic E-state index is -0.778. The summed E-state index contributed by atoms with van der Waals surface area (Å²) in [6, 6.07) is 92.1. The Morgan fingerprint density at radius 2 is 0.307 bits per heavy atom. The van der Waals surface area contributed by atoms with E-state index >= 15 is 0 Å². The van der Waals surface area contributed by atoms with Gasteiger partial charge in [0.1, 0.15) is 104 Å². The van der Waals surface area contributed by atoms with Crippen molar-refractivity contribution in [1.29, 1.82) is 0 Å². The van der Waals surface area contributed by atoms with Gasteiger partial charge in [0.25, 0.3) is 0 Å². The summed E-state index contributed by atoms with van der Waals surface area (Å²) < 4.78 is 121. The van der Waals surface area contributed by atoms with Gasteiger partial charge >= 0.3 is 0 Å². The number of hydrogen-bond acceptors (Lipinski definition) is 18. The van der Waals surface area contributed by atoms with Crippen molar-refractivity contribution in [3.63, 3.8) is 0 Å². The Hall–Kier alpha value is -2.55. The van der Waals surface area contributed by atoms with E-state index in [1.807, 2.05) is 97.1 Å². The van der Waals surface area contributed by atoms with Gasteiger partial charge in [-0.3, -0.25) is 0 Å². The van der Waals surface area contributed by atoms with Crippen LogP contribution in [-0.4, -0.2) is 180 Å². The molecule has 11 aromatic rings. The van der Waals surface area contributed by atoms with Crippen molar-refractivity contribution in [2.75, 3.05) is 180 Å². The predicted molar refractivity (Wildman–Crippen MR) is 643 cm³/mol. The second kappa shape index (κ2) is 68.8. The fourth-order valence-corrected chi connectivity index (χ4v) is 19.2. The zero-order valence-corrected chi connectivity index (χ0v) is 101. The molecule has 29 heteroatoms. The molecule has 0 unspecified atom stereocenters. The molecular weight excluding hydrogens is 2980 g/mol. The molecule has 0 aromatic heterocycles. The molecule has 0 saturated carbocycles. The standard InChI is InChI=1S/C50H57I5O9.C31H37I3O6.C27H29I3O3/c1-56-22-23-57-24-25-58-31-49(34-60-44-12-2-39(26-51)3-13-44,35-61-45-14-4-40(27-52)5-15-45)32-59-33-50(36-62-46-16-6-41(28-53)7-17-46,37-63-47-18-8-42(29-54)9-19-47)38-64-48-20-10-43(30-55)11-21-48;1-35-14-15-36-16-17-37-21-31(22-38-28-8-2-25(18-32)3-9-28,23-39-29-10-4-26(19-33)5-11-29)24-40-30-12-6-27(20-34)7-13-30;1-31-14-15-32-16-17-33-27(24-8-2-21(18-28)3-9-24,25-10-4-22(19-29)5-11-25)26-12-6-23(20-30)7-13-26/h2-21H,22-38H2,1H3;2-13H,14-24H2,1H3;2-13H,14-20H2,1H3. The SMILES string of the molecule is COCCOCCOC(c1ccc(CI)cc1)(c1ccc(CI)cc1)c1ccc(CI)cc1.COCCOCCOCC(COCC(COc1ccc(CI)cc1)(COc1ccc(CI)cc1)COc1ccc(CI)cc1)(COc1ccc(CI)cc1)COc1ccc(CI)cc1.COCCOCCOCC(COc1ccc(CI)cc1)(COc1ccc(CI)cc1)COc1ccc(CI)cc1. The number of methoxy groups -OCH3 is 3. The molecule has 0 aliphatic rings. The Morgan fingerprint density at radius 1 is 0.161 bits per heavy atom. The topological polar surface area (TPSA) is 166 Å². The third kappa shape index (κ3) is 42.7. The maximum Gasteiger partial charge on any atom is 0.143 e. The van der Waals surface area contributed by atoms with Crippen LogP contribution < -0.4 is 37.9 Å². The fraction of sp³-hybridized carbons (Fsp3) is 0.389. The first-order valence-corrected chi connectivity index (χ1v) is 61.6. The number of rotatable bonds is 65. The summed E-state index contributed by atoms with van der Waals surface area (Å²) in [6.45, 7) is 9.46. The molecule has 0 heterocycles. The second-order valence-electron chi connectivity index (χ2n) is 32.5. The summed E-state index contributed by atoms with van der Waals surface area (Å²) in [7, 11) is 5.01. The number of hydrogen-bond donors (Lipinski definition) is 0. The zero-order chi connectivity index (χ0) is 97.3. The van der Waals surface area contributed by atoms with Crippen LogP contribution in [0.5, 0.6) is 46.0 Å². The van der Waals surface area contributed by atoms with Crippen molar-refractivity contribution < 1.29 is 85.3 Å². The van der Waals surface area contributed by atoms with Crippen LogP contribution in [0.2, 0.25) is 0 Å². The van der Waals surface area contributed by atoms with Gasteiger partial charge < -0.3 is 85.3 Å². The van der Waals surface area contributed by atoms with Crippen LogP contribution in [0, 0.1) is 16.2 Å². The molecule has 0 saturated heterocycles. The van der Waals surface area contributed by atoms with Crippen LogP contribution in [0.25, 0.3) is 0 Å². The van der Waals surface area contributed by atoms with Crippen molar-refractivity contribution in [2.24, 2.45) is 16.2 Å². The van der Waals surface area contributed by atoms with Crippen LogP contribution in [0.15, 0.2) is 267 Å². The van der Waals surface area contributed by atoms with Gasteiger partial charge in [-0.1, -0.05) is 418 Å². The monoisotopic (exact) mass is 3100 g/mol. The normalized spacial score (nSPS) is 11.6. The van der Waals surface area contributed by atoms with Crippen LogP contribution >= 0.6 is 248 Å². The first-order chi connectivity index (χ1) is 67.1. The average molecular weight is 3110 g/mol. The van der Waals surface area contributed by atoms with Crippen molar-refractivity contribution in [1.82, 2.24) is 0 Å². The van der Waals surface area contributed by atoms with Gasteiger partial charge in [-0.05, 0) is 175 Å². The van der Waals surface area contributed by atoms with E-state index in [1.54, 1.807) is 21.3 Å². The molecular formula is C108H123I11O18. The maximum absolute atomic E-state index is 6.97. The molecule has 0 atom stereocenters. The fourth-order valence-electron chi connectivity index (χ4n) is 13.6. The van der Waals surface area contributed by atoms with Crippen LogP contribution in [0.1, 0.15) is 77.9 Å². The van der Waals surface area contributed by atoms with E-state index in [0.717, 1.165) is 111 Å². The van der Waals surface area contributed by atoms with Gasteiger partial charge in [0.2, 0.25) is 0 Å². The highest BCUT2D eigenvalue weighted by molar-refractivity contribution is 14.1. The molecule has 0 aliphatic carbocycles. The lowest BCUT2D eigenvalue weighted by Crippen LogP contribution is -2.48. The van der Waals surface area contributed by atoms with E-state index in [9.17, 15) is 0 Å². The quantitative estimate of drug-likeness (QED) is 0.0153. The molecule has 0 amide bonds. The Kier molecular flexibility index (Phi) is 59.3. The number of benzene rings is 11. The highest BCUT2D eigenvalue weighted by atomic mass is 127. The highest BCUT2D eigenvalue weighted by Crippen LogP contribution is 2.42. The van der Waals surface area contributed by atoms with Crippen molar-refractivity contribution in [3.8, 4) is 46.0 Å². The lowest BCUT2D eigenvalue weighted by Gasteiger charge is -2.36. The third-order valence-electron chi connectivity index (χ3n) is 21.7. The molecule has 0 N–H and O–H groups in total. The number of alkyl halides is 11. The molecule has 0 radical (unpaired) electrons. The predicted octanol–water partition coefficient (Wildman–Crippen LogP) is 27.9. The summed E-state index contributed by atoms with van der Waals surface area (Å²) in [5.41, 5.74) is 14.3. The van der Waals surface area contributed by atoms with Gasteiger partial charge in [0.15, 0.2) is 0 Å². The van der Waals surface area contributed by atoms with Crippen molar-refractivity contribution in [2.45, 2.75) is 54.3 Å². The molecule has 0 spiro atoms. The summed E-state index contributed by atoms with van der Waals surface area (Å²) >= 11 is 26.2. The lowest BCUT2D eigenvalue weighted by atomic mass is 9.79. The van der Waals surface area contributed by atoms with Crippen LogP contribution in [0.4, 0.5) is 0 Å². The van der Waals surface area contributed by atoms with E-state index < -0.39 is 21.8 Å². The van der Waals surface area contributed by atoms with Gasteiger partial charge in [-0.25, -0.2) is 0 Å². The number of ether oxygens (including phenoxy) is 18. The molecule has 11 rings (SSSR count). The molecule has 11 aromatic carbocycles. The summed E-state index contributed by atoms with van der Waals surface area (Å²) in [5.74, 6) is 6.21. The maximum atomic E-state index is 6.97. The summed E-state index contributed by atoms with van der Waals surface area (Å²) in [6.07, 6.45) is 0. The minimum absolute atomic E-state index is 0.229. The summed E-state index contributed by atoms with van der Waals surface area (Å²) in [4.78, 5) is 0. The molecule has 137 heavy (non-hydrogen) atoms. The van der Waals surface area contributed by atoms with E-state index in [4.69, 9.17) is 85.3 Å². The van der Waals surface area contributed by atoms with Gasteiger partial charge in [-0.15, -0.1) is 0 Å². The molecule has 0 bridgehead atoms. The first kappa shape index (κ1) is 118. The molecule has 0 aliphatic heterocycles. The Bertz CT molecular complexity index is 4590. The van der Waals surface area contributed by atoms with E-state index in [0.29, 0.717) is 106 Å². The second-order valence-corrected chi connectivity index (χ2v) is 40.9. The lowest BCUT2D eigenvalue weighted by molar-refractivity contribution is -0.103. The van der Waals surface area contributed by atoms with Crippen molar-refractivity contribution in [3.05, 3.63) is 345 Å². The minimum Gasteiger partial charge on any atom is -0.493 e. The third-order valence-corrected chi connectivity index (χ3v) is 31.4. The van der Waals surface area contributed by atoms with Gasteiger partial charge in [-0.2, -0.15) is 0 Å². The zero-order valence-electron chi connectivity index (χ0n) is 77.7. The summed E-state index contributed by atoms with van der Waals surface area (Å²) in [5, 5.41) is 0. The molecule has 0 fully saturated rings. The largest absolute Gasteiger partial charge is 0.493 e. The Balaban J connectivity index is 0.000000247. The first-order valence-electron chi connectivity index (χ1n) is 44.8. The van der Waals surface area contributed by atoms with Crippen LogP contribution in [0.3, 0.4) is 0 Å². The highest BCUT2D eigenvalue weighted by Gasteiger charge is 2.41. The average Bonchev–Trinajstić information content (AvgIpc) is 0.749. The van der Waals surface area contributed by atoms with E-state index in [2.05, 4.69) is 418 Å². The molecule has 18 nitrogen and oxygen atoms in total. The molecule has 740 valence electrons. The van der Waals surface area contributed by atoms with E-state index in [1.165, 1.54) is 61.2 Å². The van der Waals surface area contributed by atoms with Crippen molar-refractivity contribution >= 4 is 248 Å². The Labute approximate surface area is 961 Å². The smallest absolute Gasteiger partial charge is 0.143 e. The van der Waals surface area contributed by atoms with E-state index in [-0.39, 0.29) is 52.9 Å². The van der Waals surface area contributed by atoms with Gasteiger partial charge in [0.05, 0.1) is 122 Å². The number of halogens is 11. The van der Waals surface area contributed by atoms with Crippen LogP contribution in [-0.2, 0) is 102 Å². The van der Waals surface area contributed by atoms with Gasteiger partial charge in [0, 0.05) is 70.0 Å². The Morgan fingerprint density at radius 3 is 0.482 bits per heavy atom.